The van der Waals surface area contributed by atoms with Gasteiger partial charge in [-0.25, -0.2) is 4.98 Å². The van der Waals surface area contributed by atoms with E-state index in [0.717, 1.165) is 33.7 Å². The molecule has 5 heteroatoms. The molecule has 0 radical (unpaired) electrons. The topological polar surface area (TPSA) is 80.1 Å². The molecule has 0 amide bonds. The lowest BCUT2D eigenvalue weighted by atomic mass is 9.98. The molecule has 122 valence electrons. The van der Waals surface area contributed by atoms with Crippen molar-refractivity contribution < 1.29 is 0 Å². The summed E-state index contributed by atoms with van der Waals surface area (Å²) in [5.41, 5.74) is 12.1. The number of benzene rings is 1. The number of hydrogen-bond donors (Lipinski definition) is 2. The highest BCUT2D eigenvalue weighted by atomic mass is 15.0. The predicted octanol–water partition coefficient (Wildman–Crippen LogP) is 3.66. The Labute approximate surface area is 145 Å². The first-order valence-electron chi connectivity index (χ1n) is 7.98. The minimum Gasteiger partial charge on any atom is -0.382 e. The third kappa shape index (κ3) is 2.65. The Balaban J connectivity index is 1.92. The van der Waals surface area contributed by atoms with Gasteiger partial charge < -0.3 is 5.73 Å². The van der Waals surface area contributed by atoms with Gasteiger partial charge in [0.15, 0.2) is 0 Å². The summed E-state index contributed by atoms with van der Waals surface area (Å²) in [7, 11) is 0. The van der Waals surface area contributed by atoms with Gasteiger partial charge >= 0.3 is 0 Å². The van der Waals surface area contributed by atoms with Crippen molar-refractivity contribution in [3.05, 3.63) is 78.4 Å². The summed E-state index contributed by atoms with van der Waals surface area (Å²) in [6.07, 6.45) is 3.59. The summed E-state index contributed by atoms with van der Waals surface area (Å²) in [4.78, 5) is 8.95. The fourth-order valence-corrected chi connectivity index (χ4v) is 2.99. The van der Waals surface area contributed by atoms with E-state index in [9.17, 15) is 0 Å². The Morgan fingerprint density at radius 3 is 2.56 bits per heavy atom. The van der Waals surface area contributed by atoms with E-state index in [-0.39, 0.29) is 5.84 Å². The Bertz CT molecular complexity index is 1090. The summed E-state index contributed by atoms with van der Waals surface area (Å²) in [5, 5.41) is 7.72. The first-order valence-corrected chi connectivity index (χ1v) is 7.98. The molecule has 0 aliphatic rings. The van der Waals surface area contributed by atoms with Crippen molar-refractivity contribution in [2.24, 2.45) is 5.73 Å². The average molecular weight is 327 g/mol. The van der Waals surface area contributed by atoms with Crippen LogP contribution in [0, 0.1) is 12.3 Å². The maximum absolute atomic E-state index is 7.72. The van der Waals surface area contributed by atoms with Gasteiger partial charge in [-0.05, 0) is 42.3 Å². The number of aryl methyl sites for hydroxylation is 1. The number of rotatable bonds is 3. The molecular formula is C20H17N5. The summed E-state index contributed by atoms with van der Waals surface area (Å²) in [6, 6.07) is 18.2. The number of nitrogens with zero attached hydrogens (tertiary/aromatic N) is 3. The Hall–Kier alpha value is -3.47. The van der Waals surface area contributed by atoms with Crippen LogP contribution in [-0.2, 0) is 0 Å². The van der Waals surface area contributed by atoms with Crippen LogP contribution in [0.2, 0.25) is 0 Å². The second-order valence-corrected chi connectivity index (χ2v) is 5.91. The van der Waals surface area contributed by atoms with E-state index in [1.165, 1.54) is 0 Å². The van der Waals surface area contributed by atoms with Crippen molar-refractivity contribution in [3.63, 3.8) is 0 Å². The van der Waals surface area contributed by atoms with Crippen LogP contribution in [-0.4, -0.2) is 20.2 Å². The zero-order valence-electron chi connectivity index (χ0n) is 13.8. The van der Waals surface area contributed by atoms with Crippen molar-refractivity contribution in [2.75, 3.05) is 0 Å². The van der Waals surface area contributed by atoms with Crippen LogP contribution >= 0.6 is 0 Å². The van der Waals surface area contributed by atoms with Gasteiger partial charge in [-0.1, -0.05) is 30.3 Å². The molecule has 0 aliphatic heterocycles. The SMILES string of the molecule is Cc1cccc(-c2ccccc2-c2ccc3ncc(C(=N)N)n3c2)n1. The zero-order valence-corrected chi connectivity index (χ0v) is 13.8. The molecule has 0 atom stereocenters. The van der Waals surface area contributed by atoms with Gasteiger partial charge in [0.2, 0.25) is 0 Å². The van der Waals surface area contributed by atoms with Crippen LogP contribution in [0.3, 0.4) is 0 Å². The number of aromatic nitrogens is 3. The van der Waals surface area contributed by atoms with E-state index in [1.54, 1.807) is 6.20 Å². The van der Waals surface area contributed by atoms with E-state index in [0.29, 0.717) is 5.69 Å². The standard InChI is InChI=1S/C20H17N5/c1-13-5-4-8-17(24-13)16-7-3-2-6-15(16)14-9-10-19-23-11-18(20(21)22)25(19)12-14/h2-12H,1H3,(H3,21,22). The molecule has 0 aliphatic carbocycles. The first-order chi connectivity index (χ1) is 12.1. The smallest absolute Gasteiger partial charge is 0.141 e. The molecule has 1 aromatic carbocycles. The van der Waals surface area contributed by atoms with Crippen LogP contribution in [0.5, 0.6) is 0 Å². The summed E-state index contributed by atoms with van der Waals surface area (Å²) in [6.45, 7) is 1.99. The number of hydrogen-bond acceptors (Lipinski definition) is 3. The average Bonchev–Trinajstić information content (AvgIpc) is 3.05. The Morgan fingerprint density at radius 1 is 1.00 bits per heavy atom. The van der Waals surface area contributed by atoms with Gasteiger partial charge in [0, 0.05) is 17.5 Å². The fraction of sp³-hybridized carbons (Fsp3) is 0.0500. The highest BCUT2D eigenvalue weighted by molar-refractivity contribution is 5.94. The molecule has 4 rings (SSSR count). The normalized spacial score (nSPS) is 10.9. The van der Waals surface area contributed by atoms with Crippen molar-refractivity contribution in [1.29, 1.82) is 5.41 Å². The van der Waals surface area contributed by atoms with E-state index in [4.69, 9.17) is 11.1 Å². The Kier molecular flexibility index (Phi) is 3.54. The molecule has 0 unspecified atom stereocenters. The maximum Gasteiger partial charge on any atom is 0.141 e. The number of imidazole rings is 1. The molecule has 0 saturated carbocycles. The van der Waals surface area contributed by atoms with E-state index >= 15 is 0 Å². The highest BCUT2D eigenvalue weighted by Gasteiger charge is 2.11. The van der Waals surface area contributed by atoms with Crippen LogP contribution < -0.4 is 5.73 Å². The maximum atomic E-state index is 7.72. The molecule has 25 heavy (non-hydrogen) atoms. The zero-order chi connectivity index (χ0) is 17.4. The lowest BCUT2D eigenvalue weighted by Gasteiger charge is -2.11. The van der Waals surface area contributed by atoms with Crippen LogP contribution in [0.25, 0.3) is 28.0 Å². The van der Waals surface area contributed by atoms with Crippen molar-refractivity contribution >= 4 is 11.5 Å². The molecule has 0 bridgehead atoms. The fourth-order valence-electron chi connectivity index (χ4n) is 2.99. The first kappa shape index (κ1) is 15.1. The lowest BCUT2D eigenvalue weighted by Crippen LogP contribution is -2.13. The number of amidine groups is 1. The minimum atomic E-state index is -0.00159. The third-order valence-electron chi connectivity index (χ3n) is 4.18. The molecule has 3 N–H and O–H groups in total. The molecule has 0 fully saturated rings. The number of nitrogens with two attached hydrogens (primary N) is 1. The second kappa shape index (κ2) is 5.87. The second-order valence-electron chi connectivity index (χ2n) is 5.91. The number of nitrogen functional groups attached to an aromatic ring is 1. The molecule has 5 nitrogen and oxygen atoms in total. The van der Waals surface area contributed by atoms with Gasteiger partial charge in [0.1, 0.15) is 17.2 Å². The van der Waals surface area contributed by atoms with Gasteiger partial charge in [0.05, 0.1) is 11.9 Å². The lowest BCUT2D eigenvalue weighted by molar-refractivity contribution is 1.15. The molecular weight excluding hydrogens is 310 g/mol. The van der Waals surface area contributed by atoms with E-state index < -0.39 is 0 Å². The minimum absolute atomic E-state index is 0.00159. The van der Waals surface area contributed by atoms with Crippen LogP contribution in [0.1, 0.15) is 11.4 Å². The largest absolute Gasteiger partial charge is 0.382 e. The van der Waals surface area contributed by atoms with Crippen LogP contribution in [0.4, 0.5) is 0 Å². The number of fused-ring (bicyclic) bond motifs is 1. The van der Waals surface area contributed by atoms with Crippen molar-refractivity contribution in [2.45, 2.75) is 6.92 Å². The summed E-state index contributed by atoms with van der Waals surface area (Å²) < 4.78 is 1.85. The highest BCUT2D eigenvalue weighted by Crippen LogP contribution is 2.31. The molecule has 3 aromatic heterocycles. The molecule has 0 spiro atoms. The molecule has 4 aromatic rings. The quantitative estimate of drug-likeness (QED) is 0.445. The van der Waals surface area contributed by atoms with Gasteiger partial charge in [-0.15, -0.1) is 0 Å². The predicted molar refractivity (Wildman–Crippen MR) is 99.6 cm³/mol. The molecule has 3 heterocycles. The van der Waals surface area contributed by atoms with Crippen LogP contribution in [0.15, 0.2) is 67.0 Å². The van der Waals surface area contributed by atoms with E-state index in [1.807, 2.05) is 60.0 Å². The third-order valence-corrected chi connectivity index (χ3v) is 4.18. The van der Waals surface area contributed by atoms with Crippen molar-refractivity contribution in [1.82, 2.24) is 14.4 Å². The van der Waals surface area contributed by atoms with E-state index in [2.05, 4.69) is 22.1 Å². The van der Waals surface area contributed by atoms with Gasteiger partial charge in [-0.2, -0.15) is 0 Å². The number of nitrogens with one attached hydrogen (secondary N) is 1. The van der Waals surface area contributed by atoms with Crippen molar-refractivity contribution in [3.8, 4) is 22.4 Å². The van der Waals surface area contributed by atoms with Gasteiger partial charge in [0.25, 0.3) is 0 Å². The number of pyridine rings is 2. The summed E-state index contributed by atoms with van der Waals surface area (Å²) >= 11 is 0. The van der Waals surface area contributed by atoms with Gasteiger partial charge in [-0.3, -0.25) is 14.8 Å². The summed E-state index contributed by atoms with van der Waals surface area (Å²) in [5.74, 6) is -0.00159. The Morgan fingerprint density at radius 2 is 1.80 bits per heavy atom. The monoisotopic (exact) mass is 327 g/mol. The molecule has 0 saturated heterocycles.